The van der Waals surface area contributed by atoms with Crippen LogP contribution in [0.2, 0.25) is 0 Å². The van der Waals surface area contributed by atoms with Crippen molar-refractivity contribution in [3.63, 3.8) is 0 Å². The first-order valence-corrected chi connectivity index (χ1v) is 7.59. The van der Waals surface area contributed by atoms with Crippen molar-refractivity contribution in [2.75, 3.05) is 32.8 Å². The predicted octanol–water partition coefficient (Wildman–Crippen LogP) is 1.65. The van der Waals surface area contributed by atoms with E-state index < -0.39 is 0 Å². The van der Waals surface area contributed by atoms with Gasteiger partial charge in [-0.2, -0.15) is 0 Å². The van der Waals surface area contributed by atoms with Crippen molar-refractivity contribution in [3.8, 4) is 0 Å². The minimum absolute atomic E-state index is 0.0454. The van der Waals surface area contributed by atoms with Crippen LogP contribution < -0.4 is 5.32 Å². The van der Waals surface area contributed by atoms with Crippen molar-refractivity contribution < 1.29 is 9.53 Å². The maximum Gasteiger partial charge on any atom is 0.225 e. The van der Waals surface area contributed by atoms with Crippen LogP contribution >= 0.6 is 0 Å². The van der Waals surface area contributed by atoms with Crippen LogP contribution in [0.5, 0.6) is 0 Å². The van der Waals surface area contributed by atoms with Crippen LogP contribution in [-0.4, -0.2) is 49.2 Å². The lowest BCUT2D eigenvalue weighted by atomic mass is 9.93. The molecule has 2 atom stereocenters. The summed E-state index contributed by atoms with van der Waals surface area (Å²) in [6.07, 6.45) is 3.47. The SMILES string of the molecule is CC1CCCN(C(C)(C)CNC(=O)C2CCOC2)C1. The van der Waals surface area contributed by atoms with E-state index in [0.717, 1.165) is 38.6 Å². The molecule has 1 amide bonds. The van der Waals surface area contributed by atoms with Crippen molar-refractivity contribution in [2.24, 2.45) is 11.8 Å². The van der Waals surface area contributed by atoms with E-state index >= 15 is 0 Å². The summed E-state index contributed by atoms with van der Waals surface area (Å²) in [7, 11) is 0. The number of carbonyl (C=O) groups is 1. The minimum Gasteiger partial charge on any atom is -0.381 e. The van der Waals surface area contributed by atoms with Gasteiger partial charge in [-0.25, -0.2) is 0 Å². The molecule has 2 saturated heterocycles. The van der Waals surface area contributed by atoms with E-state index in [-0.39, 0.29) is 17.4 Å². The van der Waals surface area contributed by atoms with Crippen LogP contribution in [-0.2, 0) is 9.53 Å². The first-order chi connectivity index (χ1) is 8.99. The molecule has 0 radical (unpaired) electrons. The second-order valence-electron chi connectivity index (χ2n) is 6.78. The third-order valence-electron chi connectivity index (χ3n) is 4.51. The van der Waals surface area contributed by atoms with Crippen molar-refractivity contribution >= 4 is 5.91 Å². The van der Waals surface area contributed by atoms with Gasteiger partial charge in [0.1, 0.15) is 0 Å². The molecule has 2 heterocycles. The fourth-order valence-corrected chi connectivity index (χ4v) is 3.04. The average molecular weight is 268 g/mol. The number of piperidine rings is 1. The van der Waals surface area contributed by atoms with Crippen LogP contribution in [0.1, 0.15) is 40.0 Å². The monoisotopic (exact) mass is 268 g/mol. The number of hydrogen-bond donors (Lipinski definition) is 1. The van der Waals surface area contributed by atoms with Gasteiger partial charge >= 0.3 is 0 Å². The standard InChI is InChI=1S/C15H28N2O2/c1-12-5-4-7-17(9-12)15(2,3)11-16-14(18)13-6-8-19-10-13/h12-13H,4-11H2,1-3H3,(H,16,18). The summed E-state index contributed by atoms with van der Waals surface area (Å²) in [6.45, 7) is 11.1. The van der Waals surface area contributed by atoms with E-state index in [1.165, 1.54) is 12.8 Å². The lowest BCUT2D eigenvalue weighted by Gasteiger charge is -2.43. The van der Waals surface area contributed by atoms with Crippen molar-refractivity contribution in [3.05, 3.63) is 0 Å². The maximum absolute atomic E-state index is 12.0. The first-order valence-electron chi connectivity index (χ1n) is 7.59. The lowest BCUT2D eigenvalue weighted by molar-refractivity contribution is -0.125. The van der Waals surface area contributed by atoms with Crippen molar-refractivity contribution in [2.45, 2.75) is 45.6 Å². The summed E-state index contributed by atoms with van der Waals surface area (Å²) in [6, 6.07) is 0. The predicted molar refractivity (Wildman–Crippen MR) is 76.0 cm³/mol. The van der Waals surface area contributed by atoms with Gasteiger partial charge in [-0.15, -0.1) is 0 Å². The van der Waals surface area contributed by atoms with Crippen LogP contribution in [0.25, 0.3) is 0 Å². The molecule has 0 aromatic heterocycles. The zero-order chi connectivity index (χ0) is 13.9. The number of nitrogens with zero attached hydrogens (tertiary/aromatic N) is 1. The van der Waals surface area contributed by atoms with Crippen molar-refractivity contribution in [1.29, 1.82) is 0 Å². The first kappa shape index (κ1) is 14.8. The third kappa shape index (κ3) is 3.93. The van der Waals surface area contributed by atoms with E-state index in [9.17, 15) is 4.79 Å². The fourth-order valence-electron chi connectivity index (χ4n) is 3.04. The van der Waals surface area contributed by atoms with Gasteiger partial charge in [0.2, 0.25) is 5.91 Å². The minimum atomic E-state index is 0.0454. The van der Waals surface area contributed by atoms with Gasteiger partial charge in [0.15, 0.2) is 0 Å². The summed E-state index contributed by atoms with van der Waals surface area (Å²) in [5.74, 6) is 0.999. The smallest absolute Gasteiger partial charge is 0.225 e. The summed E-state index contributed by atoms with van der Waals surface area (Å²) < 4.78 is 5.27. The van der Waals surface area contributed by atoms with Gasteiger partial charge in [0.25, 0.3) is 0 Å². The van der Waals surface area contributed by atoms with E-state index in [2.05, 4.69) is 31.0 Å². The molecule has 0 bridgehead atoms. The summed E-state index contributed by atoms with van der Waals surface area (Å²) in [5.41, 5.74) is 0.0454. The van der Waals surface area contributed by atoms with Crippen LogP contribution in [0, 0.1) is 11.8 Å². The Labute approximate surface area is 116 Å². The van der Waals surface area contributed by atoms with Gasteiger partial charge in [-0.1, -0.05) is 6.92 Å². The van der Waals surface area contributed by atoms with Gasteiger partial charge < -0.3 is 10.1 Å². The Morgan fingerprint density at radius 1 is 1.42 bits per heavy atom. The van der Waals surface area contributed by atoms with Crippen LogP contribution in [0.4, 0.5) is 0 Å². The van der Waals surface area contributed by atoms with Gasteiger partial charge in [-0.3, -0.25) is 9.69 Å². The lowest BCUT2D eigenvalue weighted by Crippen LogP contribution is -2.55. The number of nitrogens with one attached hydrogen (secondary N) is 1. The Morgan fingerprint density at radius 2 is 2.21 bits per heavy atom. The zero-order valence-electron chi connectivity index (χ0n) is 12.6. The van der Waals surface area contributed by atoms with E-state index in [4.69, 9.17) is 4.74 Å². The van der Waals surface area contributed by atoms with Crippen molar-refractivity contribution in [1.82, 2.24) is 10.2 Å². The Morgan fingerprint density at radius 3 is 2.84 bits per heavy atom. The number of hydrogen-bond acceptors (Lipinski definition) is 3. The average Bonchev–Trinajstić information content (AvgIpc) is 2.90. The molecule has 110 valence electrons. The normalized spacial score (nSPS) is 29.4. The second kappa shape index (κ2) is 6.23. The molecule has 1 N–H and O–H groups in total. The summed E-state index contributed by atoms with van der Waals surface area (Å²) in [5, 5.41) is 3.12. The zero-order valence-corrected chi connectivity index (χ0v) is 12.6. The topological polar surface area (TPSA) is 41.6 Å². The number of carbonyl (C=O) groups excluding carboxylic acids is 1. The highest BCUT2D eigenvalue weighted by Crippen LogP contribution is 2.23. The van der Waals surface area contributed by atoms with Crippen LogP contribution in [0.15, 0.2) is 0 Å². The molecule has 2 unspecified atom stereocenters. The summed E-state index contributed by atoms with van der Waals surface area (Å²) >= 11 is 0. The summed E-state index contributed by atoms with van der Waals surface area (Å²) in [4.78, 5) is 14.5. The highest BCUT2D eigenvalue weighted by molar-refractivity contribution is 5.79. The third-order valence-corrected chi connectivity index (χ3v) is 4.51. The van der Waals surface area contributed by atoms with E-state index in [1.807, 2.05) is 0 Å². The maximum atomic E-state index is 12.0. The Kier molecular flexibility index (Phi) is 4.85. The van der Waals surface area contributed by atoms with E-state index in [1.54, 1.807) is 0 Å². The number of amides is 1. The highest BCUT2D eigenvalue weighted by atomic mass is 16.5. The molecule has 19 heavy (non-hydrogen) atoms. The molecule has 2 aliphatic rings. The van der Waals surface area contributed by atoms with Gasteiger partial charge in [0.05, 0.1) is 12.5 Å². The Hall–Kier alpha value is -0.610. The number of likely N-dealkylation sites (tertiary alicyclic amines) is 1. The molecule has 0 aromatic carbocycles. The van der Waals surface area contributed by atoms with E-state index in [0.29, 0.717) is 6.61 Å². The Balaban J connectivity index is 1.80. The second-order valence-corrected chi connectivity index (χ2v) is 6.78. The quantitative estimate of drug-likeness (QED) is 0.843. The van der Waals surface area contributed by atoms with Crippen LogP contribution in [0.3, 0.4) is 0 Å². The molecule has 0 saturated carbocycles. The molecule has 0 spiro atoms. The molecule has 2 rings (SSSR count). The molecule has 4 nitrogen and oxygen atoms in total. The Bertz CT molecular complexity index is 311. The molecular formula is C15H28N2O2. The van der Waals surface area contributed by atoms with Gasteiger partial charge in [-0.05, 0) is 45.6 Å². The molecular weight excluding hydrogens is 240 g/mol. The molecule has 4 heteroatoms. The molecule has 2 fully saturated rings. The molecule has 0 aromatic rings. The fraction of sp³-hybridized carbons (Fsp3) is 0.933. The van der Waals surface area contributed by atoms with Gasteiger partial charge in [0, 0.05) is 25.2 Å². The molecule has 2 aliphatic heterocycles. The largest absolute Gasteiger partial charge is 0.381 e. The number of rotatable bonds is 4. The molecule has 0 aliphatic carbocycles. The number of ether oxygens (including phenoxy) is 1. The highest BCUT2D eigenvalue weighted by Gasteiger charge is 2.31.